The van der Waals surface area contributed by atoms with Gasteiger partial charge >= 0.3 is 6.09 Å². The van der Waals surface area contributed by atoms with Crippen LogP contribution in [-0.2, 0) is 22.7 Å². The second-order valence-electron chi connectivity index (χ2n) is 8.55. The maximum atomic E-state index is 12.5. The van der Waals surface area contributed by atoms with Crippen molar-refractivity contribution in [2.24, 2.45) is 11.8 Å². The minimum Gasteiger partial charge on any atom is -0.445 e. The lowest BCUT2D eigenvalue weighted by Gasteiger charge is -2.37. The predicted octanol–water partition coefficient (Wildman–Crippen LogP) is 4.41. The minimum absolute atomic E-state index is 0.0883. The summed E-state index contributed by atoms with van der Waals surface area (Å²) in [5.41, 5.74) is 3.77. The predicted molar refractivity (Wildman–Crippen MR) is 123 cm³/mol. The number of carbonyl (C=O) groups is 2. The highest BCUT2D eigenvalue weighted by molar-refractivity contribution is 5.94. The Hall–Kier alpha value is -3.61. The van der Waals surface area contributed by atoms with Gasteiger partial charge in [0.25, 0.3) is 0 Å². The van der Waals surface area contributed by atoms with E-state index < -0.39 is 0 Å². The van der Waals surface area contributed by atoms with Crippen LogP contribution in [0, 0.1) is 11.8 Å². The first-order valence-corrected chi connectivity index (χ1v) is 10.9. The van der Waals surface area contributed by atoms with E-state index in [-0.39, 0.29) is 24.5 Å². The Balaban J connectivity index is 1.23. The van der Waals surface area contributed by atoms with Gasteiger partial charge in [-0.1, -0.05) is 56.3 Å². The number of carbonyl (C=O) groups excluding carboxylic acids is 2. The van der Waals surface area contributed by atoms with Crippen LogP contribution < -0.4 is 5.32 Å². The van der Waals surface area contributed by atoms with Crippen LogP contribution in [0.3, 0.4) is 0 Å². The summed E-state index contributed by atoms with van der Waals surface area (Å²) >= 11 is 0. The molecule has 4 rings (SSSR count). The number of benzene rings is 2. The molecule has 2 aromatic carbocycles. The fraction of sp³-hybridized carbons (Fsp3) is 0.320. The molecule has 166 valence electrons. The van der Waals surface area contributed by atoms with Crippen molar-refractivity contribution >= 4 is 17.7 Å². The van der Waals surface area contributed by atoms with E-state index in [0.717, 1.165) is 28.9 Å². The number of likely N-dealkylation sites (tertiary alicyclic amines) is 1. The summed E-state index contributed by atoms with van der Waals surface area (Å²) in [7, 11) is 0. The highest BCUT2D eigenvalue weighted by atomic mass is 16.6. The summed E-state index contributed by atoms with van der Waals surface area (Å²) in [4.78, 5) is 26.2. The van der Waals surface area contributed by atoms with Crippen molar-refractivity contribution in [3.63, 3.8) is 0 Å². The number of anilines is 1. The molecule has 0 unspecified atom stereocenters. The average molecular weight is 433 g/mol. The summed E-state index contributed by atoms with van der Waals surface area (Å²) in [5.74, 6) is 0.219. The minimum atomic E-state index is -0.389. The first-order valence-electron chi connectivity index (χ1n) is 10.9. The number of ether oxygens (including phenoxy) is 1. The summed E-state index contributed by atoms with van der Waals surface area (Å²) in [6.07, 6.45) is 3.50. The number of nitrogens with one attached hydrogen (secondary N) is 1. The molecule has 0 bridgehead atoms. The van der Waals surface area contributed by atoms with Gasteiger partial charge in [-0.2, -0.15) is 5.10 Å². The molecule has 1 N–H and O–H groups in total. The molecule has 2 amide bonds. The Morgan fingerprint density at radius 1 is 1.06 bits per heavy atom. The zero-order valence-corrected chi connectivity index (χ0v) is 18.4. The van der Waals surface area contributed by atoms with Gasteiger partial charge in [0, 0.05) is 37.1 Å². The van der Waals surface area contributed by atoms with E-state index in [2.05, 4.69) is 24.3 Å². The summed E-state index contributed by atoms with van der Waals surface area (Å²) < 4.78 is 7.25. The quantitative estimate of drug-likeness (QED) is 0.600. The van der Waals surface area contributed by atoms with Gasteiger partial charge in [0.2, 0.25) is 5.91 Å². The van der Waals surface area contributed by atoms with Crippen LogP contribution in [0.2, 0.25) is 0 Å². The van der Waals surface area contributed by atoms with E-state index in [1.807, 2.05) is 71.7 Å². The molecule has 1 aliphatic heterocycles. The highest BCUT2D eigenvalue weighted by Gasteiger charge is 2.36. The zero-order chi connectivity index (χ0) is 22.5. The SMILES string of the molecule is CC(C)Cn1cc(-c2ccc(NC(=O)C3CN(C(=O)OCc4ccccc4)C3)cc2)cn1. The number of nitrogens with zero attached hydrogens (tertiary/aromatic N) is 3. The lowest BCUT2D eigenvalue weighted by atomic mass is 10.00. The van der Waals surface area contributed by atoms with Crippen molar-refractivity contribution in [3.05, 3.63) is 72.6 Å². The number of aromatic nitrogens is 2. The van der Waals surface area contributed by atoms with Gasteiger partial charge < -0.3 is 15.0 Å². The van der Waals surface area contributed by atoms with Crippen LogP contribution in [-0.4, -0.2) is 39.8 Å². The molecule has 7 heteroatoms. The van der Waals surface area contributed by atoms with Gasteiger partial charge in [0.1, 0.15) is 6.61 Å². The van der Waals surface area contributed by atoms with Crippen molar-refractivity contribution in [1.82, 2.24) is 14.7 Å². The van der Waals surface area contributed by atoms with Gasteiger partial charge in [-0.05, 0) is 29.2 Å². The van der Waals surface area contributed by atoms with Crippen molar-refractivity contribution in [1.29, 1.82) is 0 Å². The fourth-order valence-corrected chi connectivity index (χ4v) is 3.58. The average Bonchev–Trinajstić information content (AvgIpc) is 3.20. The molecular weight excluding hydrogens is 404 g/mol. The van der Waals surface area contributed by atoms with Gasteiger partial charge in [-0.15, -0.1) is 0 Å². The molecule has 1 aromatic heterocycles. The van der Waals surface area contributed by atoms with Crippen LogP contribution in [0.4, 0.5) is 10.5 Å². The number of amides is 2. The van der Waals surface area contributed by atoms with E-state index in [9.17, 15) is 9.59 Å². The van der Waals surface area contributed by atoms with E-state index in [0.29, 0.717) is 19.0 Å². The lowest BCUT2D eigenvalue weighted by molar-refractivity contribution is -0.124. The van der Waals surface area contributed by atoms with E-state index >= 15 is 0 Å². The van der Waals surface area contributed by atoms with E-state index in [4.69, 9.17) is 4.74 Å². The molecule has 1 saturated heterocycles. The highest BCUT2D eigenvalue weighted by Crippen LogP contribution is 2.23. The molecule has 0 radical (unpaired) electrons. The van der Waals surface area contributed by atoms with Crippen molar-refractivity contribution < 1.29 is 14.3 Å². The molecule has 32 heavy (non-hydrogen) atoms. The van der Waals surface area contributed by atoms with Crippen LogP contribution in [0.15, 0.2) is 67.0 Å². The Kier molecular flexibility index (Phi) is 6.54. The van der Waals surface area contributed by atoms with Gasteiger partial charge in [-0.3, -0.25) is 9.48 Å². The number of rotatable bonds is 7. The Bertz CT molecular complexity index is 1050. The molecule has 0 saturated carbocycles. The van der Waals surface area contributed by atoms with E-state index in [1.165, 1.54) is 0 Å². The zero-order valence-electron chi connectivity index (χ0n) is 18.4. The topological polar surface area (TPSA) is 76.5 Å². The third-order valence-corrected chi connectivity index (χ3v) is 5.39. The standard InChI is InChI=1S/C25H28N4O3/c1-18(2)13-29-16-21(12-26-29)20-8-10-23(11-9-20)27-24(30)22-14-28(15-22)25(31)32-17-19-6-4-3-5-7-19/h3-12,16,18,22H,13-15,17H2,1-2H3,(H,27,30). The monoisotopic (exact) mass is 432 g/mol. The molecule has 3 aromatic rings. The van der Waals surface area contributed by atoms with Crippen molar-refractivity contribution in [2.75, 3.05) is 18.4 Å². The molecule has 2 heterocycles. The van der Waals surface area contributed by atoms with Crippen LogP contribution in [0.25, 0.3) is 11.1 Å². The maximum Gasteiger partial charge on any atom is 0.410 e. The molecular formula is C25H28N4O3. The molecule has 7 nitrogen and oxygen atoms in total. The molecule has 1 aliphatic rings. The lowest BCUT2D eigenvalue weighted by Crippen LogP contribution is -2.54. The number of hydrogen-bond acceptors (Lipinski definition) is 4. The Morgan fingerprint density at radius 3 is 2.47 bits per heavy atom. The molecule has 0 aliphatic carbocycles. The van der Waals surface area contributed by atoms with Crippen LogP contribution >= 0.6 is 0 Å². The largest absolute Gasteiger partial charge is 0.445 e. The molecule has 0 atom stereocenters. The molecule has 0 spiro atoms. The van der Waals surface area contributed by atoms with Crippen LogP contribution in [0.1, 0.15) is 19.4 Å². The summed E-state index contributed by atoms with van der Waals surface area (Å²) in [6.45, 7) is 6.17. The third-order valence-electron chi connectivity index (χ3n) is 5.39. The summed E-state index contributed by atoms with van der Waals surface area (Å²) in [6, 6.07) is 17.2. The van der Waals surface area contributed by atoms with Crippen molar-refractivity contribution in [3.8, 4) is 11.1 Å². The maximum absolute atomic E-state index is 12.5. The number of hydrogen-bond donors (Lipinski definition) is 1. The van der Waals surface area contributed by atoms with Gasteiger partial charge in [0.05, 0.1) is 12.1 Å². The van der Waals surface area contributed by atoms with Crippen LogP contribution in [0.5, 0.6) is 0 Å². The fourth-order valence-electron chi connectivity index (χ4n) is 3.58. The Labute approximate surface area is 188 Å². The smallest absolute Gasteiger partial charge is 0.410 e. The second-order valence-corrected chi connectivity index (χ2v) is 8.55. The van der Waals surface area contributed by atoms with E-state index in [1.54, 1.807) is 4.90 Å². The third kappa shape index (κ3) is 5.35. The first kappa shape index (κ1) is 21.6. The molecule has 1 fully saturated rings. The van der Waals surface area contributed by atoms with Gasteiger partial charge in [0.15, 0.2) is 0 Å². The second kappa shape index (κ2) is 9.68. The normalized spacial score (nSPS) is 13.7. The first-order chi connectivity index (χ1) is 15.5. The summed E-state index contributed by atoms with van der Waals surface area (Å²) in [5, 5.41) is 7.33. The Morgan fingerprint density at radius 2 is 1.78 bits per heavy atom. The van der Waals surface area contributed by atoms with Gasteiger partial charge in [-0.25, -0.2) is 4.79 Å². The van der Waals surface area contributed by atoms with Crippen molar-refractivity contribution in [2.45, 2.75) is 27.0 Å².